The number of rotatable bonds is 9. The Kier molecular flexibility index (Phi) is 7.35. The maximum absolute atomic E-state index is 12.0. The summed E-state index contributed by atoms with van der Waals surface area (Å²) in [5, 5.41) is 10.5. The van der Waals surface area contributed by atoms with Gasteiger partial charge >= 0.3 is 5.97 Å². The highest BCUT2D eigenvalue weighted by Crippen LogP contribution is 2.16. The van der Waals surface area contributed by atoms with Crippen molar-refractivity contribution in [2.45, 2.75) is 45.4 Å². The van der Waals surface area contributed by atoms with Crippen molar-refractivity contribution in [2.24, 2.45) is 0 Å². The fourth-order valence-corrected chi connectivity index (χ4v) is 2.57. The quantitative estimate of drug-likeness (QED) is 0.420. The van der Waals surface area contributed by atoms with Gasteiger partial charge in [-0.25, -0.2) is 0 Å². The van der Waals surface area contributed by atoms with Crippen molar-refractivity contribution in [2.75, 3.05) is 5.32 Å². The molecule has 1 aromatic carbocycles. The number of carbonyl (C=O) groups excluding carboxylic acids is 2. The van der Waals surface area contributed by atoms with Crippen molar-refractivity contribution in [1.29, 1.82) is 0 Å². The summed E-state index contributed by atoms with van der Waals surface area (Å²) in [5.41, 5.74) is 2.00. The van der Waals surface area contributed by atoms with Crippen LogP contribution in [-0.4, -0.2) is 22.1 Å². The van der Waals surface area contributed by atoms with Gasteiger partial charge in [0.2, 0.25) is 5.13 Å². The summed E-state index contributed by atoms with van der Waals surface area (Å²) in [6.07, 6.45) is 5.86. The monoisotopic (exact) mass is 347 g/mol. The molecule has 0 aliphatic heterocycles. The van der Waals surface area contributed by atoms with E-state index in [9.17, 15) is 9.59 Å². The molecule has 0 bridgehead atoms. The van der Waals surface area contributed by atoms with Gasteiger partial charge in [0.25, 0.3) is 5.91 Å². The van der Waals surface area contributed by atoms with Crippen molar-refractivity contribution in [3.05, 3.63) is 35.3 Å². The van der Waals surface area contributed by atoms with Gasteiger partial charge in [0.15, 0.2) is 0 Å². The van der Waals surface area contributed by atoms with Gasteiger partial charge in [-0.15, -0.1) is 10.2 Å². The van der Waals surface area contributed by atoms with Crippen LogP contribution in [0.4, 0.5) is 5.13 Å². The minimum absolute atomic E-state index is 0.238. The number of nitrogens with zero attached hydrogens (tertiary/aromatic N) is 2. The van der Waals surface area contributed by atoms with Gasteiger partial charge in [-0.05, 0) is 30.7 Å². The molecule has 1 aromatic heterocycles. The molecule has 0 aliphatic carbocycles. The number of amides is 1. The van der Waals surface area contributed by atoms with E-state index in [-0.39, 0.29) is 11.9 Å². The van der Waals surface area contributed by atoms with E-state index in [0.29, 0.717) is 22.9 Å². The van der Waals surface area contributed by atoms with Crippen molar-refractivity contribution in [3.63, 3.8) is 0 Å². The molecule has 0 fully saturated rings. The maximum atomic E-state index is 12.0. The lowest BCUT2D eigenvalue weighted by Crippen LogP contribution is -2.12. The average molecular weight is 347 g/mol. The van der Waals surface area contributed by atoms with Crippen LogP contribution in [0.2, 0.25) is 0 Å². The van der Waals surface area contributed by atoms with Crippen molar-refractivity contribution in [1.82, 2.24) is 10.2 Å². The number of esters is 1. The zero-order valence-corrected chi connectivity index (χ0v) is 14.5. The van der Waals surface area contributed by atoms with Crippen LogP contribution in [0.25, 0.3) is 0 Å². The third kappa shape index (κ3) is 6.08. The first-order valence-electron chi connectivity index (χ1n) is 8.07. The normalized spacial score (nSPS) is 10.4. The number of carbonyl (C=O) groups is 2. The number of hydrogen-bond acceptors (Lipinski definition) is 6. The number of anilines is 1. The van der Waals surface area contributed by atoms with Gasteiger partial charge in [0.05, 0.1) is 0 Å². The first-order chi connectivity index (χ1) is 11.7. The van der Waals surface area contributed by atoms with Crippen molar-refractivity contribution in [3.8, 4) is 5.75 Å². The maximum Gasteiger partial charge on any atom is 0.311 e. The Bertz CT molecular complexity index is 642. The van der Waals surface area contributed by atoms with E-state index in [1.165, 1.54) is 24.2 Å². The molecule has 1 N–H and O–H groups in total. The van der Waals surface area contributed by atoms with Gasteiger partial charge in [0.1, 0.15) is 11.3 Å². The number of nitrogens with one attached hydrogen (secondary N) is 1. The molecule has 128 valence electrons. The van der Waals surface area contributed by atoms with Gasteiger partial charge in [-0.3, -0.25) is 14.9 Å². The van der Waals surface area contributed by atoms with Crippen LogP contribution in [0.15, 0.2) is 29.8 Å². The second-order valence-electron chi connectivity index (χ2n) is 5.36. The van der Waals surface area contributed by atoms with Gasteiger partial charge in [-0.2, -0.15) is 0 Å². The van der Waals surface area contributed by atoms with Crippen molar-refractivity contribution < 1.29 is 14.3 Å². The summed E-state index contributed by atoms with van der Waals surface area (Å²) in [5.74, 6) is -0.0702. The summed E-state index contributed by atoms with van der Waals surface area (Å²) >= 11 is 1.25. The molecule has 0 spiro atoms. The highest BCUT2D eigenvalue weighted by molar-refractivity contribution is 7.13. The lowest BCUT2D eigenvalue weighted by atomic mass is 10.1. The fourth-order valence-electron chi connectivity index (χ4n) is 2.13. The molecular weight excluding hydrogens is 326 g/mol. The van der Waals surface area contributed by atoms with Gasteiger partial charge in [-0.1, -0.05) is 43.9 Å². The smallest absolute Gasteiger partial charge is 0.311 e. The third-order valence-electron chi connectivity index (χ3n) is 3.41. The second kappa shape index (κ2) is 9.77. The molecule has 24 heavy (non-hydrogen) atoms. The first-order valence-corrected chi connectivity index (χ1v) is 8.95. The van der Waals surface area contributed by atoms with E-state index in [1.807, 2.05) is 0 Å². The predicted molar refractivity (Wildman–Crippen MR) is 93.3 cm³/mol. The molecule has 0 aliphatic rings. The zero-order chi connectivity index (χ0) is 17.2. The van der Waals surface area contributed by atoms with Crippen LogP contribution < -0.4 is 10.1 Å². The SMILES string of the molecule is CCCCCCCC(=O)Oc1ccc(C(=O)Nc2nncs2)cc1. The molecule has 0 saturated heterocycles. The summed E-state index contributed by atoms with van der Waals surface area (Å²) in [6, 6.07) is 6.45. The number of ether oxygens (including phenoxy) is 1. The van der Waals surface area contributed by atoms with Crippen LogP contribution in [0, 0.1) is 0 Å². The van der Waals surface area contributed by atoms with Crippen LogP contribution in [0.3, 0.4) is 0 Å². The lowest BCUT2D eigenvalue weighted by molar-refractivity contribution is -0.134. The standard InChI is InChI=1S/C17H21N3O3S/c1-2-3-4-5-6-7-15(21)23-14-10-8-13(9-11-14)16(22)19-17-20-18-12-24-17/h8-12H,2-7H2,1H3,(H,19,20,22). The molecule has 1 amide bonds. The zero-order valence-electron chi connectivity index (χ0n) is 13.7. The summed E-state index contributed by atoms with van der Waals surface area (Å²) in [4.78, 5) is 23.8. The minimum Gasteiger partial charge on any atom is -0.427 e. The molecule has 7 heteroatoms. The summed E-state index contributed by atoms with van der Waals surface area (Å²) in [6.45, 7) is 2.16. The molecule has 6 nitrogen and oxygen atoms in total. The Balaban J connectivity index is 1.77. The van der Waals surface area contributed by atoms with Crippen LogP contribution >= 0.6 is 11.3 Å². The Morgan fingerprint density at radius 1 is 1.12 bits per heavy atom. The Hall–Kier alpha value is -2.28. The van der Waals surface area contributed by atoms with Crippen LogP contribution in [-0.2, 0) is 4.79 Å². The van der Waals surface area contributed by atoms with E-state index in [4.69, 9.17) is 4.74 Å². The molecule has 0 saturated carbocycles. The third-order valence-corrected chi connectivity index (χ3v) is 4.02. The second-order valence-corrected chi connectivity index (χ2v) is 6.19. The number of hydrogen-bond donors (Lipinski definition) is 1. The van der Waals surface area contributed by atoms with E-state index < -0.39 is 0 Å². The van der Waals surface area contributed by atoms with E-state index in [2.05, 4.69) is 22.4 Å². The van der Waals surface area contributed by atoms with E-state index >= 15 is 0 Å². The largest absolute Gasteiger partial charge is 0.427 e. The fraction of sp³-hybridized carbons (Fsp3) is 0.412. The average Bonchev–Trinajstić information content (AvgIpc) is 3.08. The van der Waals surface area contributed by atoms with Crippen LogP contribution in [0.1, 0.15) is 55.8 Å². The first kappa shape index (κ1) is 18.1. The lowest BCUT2D eigenvalue weighted by Gasteiger charge is -2.06. The van der Waals surface area contributed by atoms with E-state index in [1.54, 1.807) is 29.8 Å². The van der Waals surface area contributed by atoms with Crippen molar-refractivity contribution >= 4 is 28.3 Å². The van der Waals surface area contributed by atoms with Gasteiger partial charge in [0, 0.05) is 12.0 Å². The molecule has 2 aromatic rings. The highest BCUT2D eigenvalue weighted by Gasteiger charge is 2.09. The Morgan fingerprint density at radius 2 is 1.88 bits per heavy atom. The van der Waals surface area contributed by atoms with Crippen LogP contribution in [0.5, 0.6) is 5.75 Å². The number of benzene rings is 1. The molecule has 0 unspecified atom stereocenters. The Labute approximate surface area is 145 Å². The number of unbranched alkanes of at least 4 members (excludes halogenated alkanes) is 4. The minimum atomic E-state index is -0.277. The topological polar surface area (TPSA) is 81.2 Å². The molecule has 2 rings (SSSR count). The van der Waals surface area contributed by atoms with Gasteiger partial charge < -0.3 is 4.74 Å². The number of aromatic nitrogens is 2. The highest BCUT2D eigenvalue weighted by atomic mass is 32.1. The predicted octanol–water partition coefficient (Wildman–Crippen LogP) is 4.06. The molecule has 0 atom stereocenters. The van der Waals surface area contributed by atoms with E-state index in [0.717, 1.165) is 19.3 Å². The summed E-state index contributed by atoms with van der Waals surface area (Å²) in [7, 11) is 0. The molecule has 1 heterocycles. The molecular formula is C17H21N3O3S. The summed E-state index contributed by atoms with van der Waals surface area (Å²) < 4.78 is 5.27. The molecule has 0 radical (unpaired) electrons. The Morgan fingerprint density at radius 3 is 2.54 bits per heavy atom.